The van der Waals surface area contributed by atoms with E-state index < -0.39 is 23.8 Å². The zero-order chi connectivity index (χ0) is 48.3. The highest BCUT2D eigenvalue weighted by molar-refractivity contribution is 7.98. The molecule has 370 valence electrons. The van der Waals surface area contributed by atoms with Crippen LogP contribution < -0.4 is 9.47 Å². The molecule has 4 aromatic carbocycles. The van der Waals surface area contributed by atoms with Crippen LogP contribution in [0.3, 0.4) is 0 Å². The van der Waals surface area contributed by atoms with E-state index in [9.17, 15) is 20.1 Å². The summed E-state index contributed by atoms with van der Waals surface area (Å²) in [4.78, 5) is 23.8. The molecule has 0 unspecified atom stereocenters. The Bertz CT molecular complexity index is 2260. The van der Waals surface area contributed by atoms with Crippen molar-refractivity contribution in [2.24, 2.45) is 22.9 Å². The van der Waals surface area contributed by atoms with E-state index in [0.717, 1.165) is 52.8 Å². The lowest BCUT2D eigenvalue weighted by atomic mass is 9.55. The normalized spacial score (nSPS) is 21.9. The first-order chi connectivity index (χ1) is 33.9. The standard InChI is InChI=1S/C55H68N2O11S/c1-3-30-65-55-51(57(26-31-62-32-29-60)54(61)64-34-33-63-38-40-14-6-4-7-15-40)37-49(56-66-39-41-16-8-5-9-17-41)47-35-42(18-10-12-27-58)46(19-11-13-28-59)52(53(47)55)48-36-44(22-25-50(48)68-55)67-43-20-23-45(69-2)24-21-43/h3-9,14-17,20-25,35-36,42,46,51-53,58-60H,1,10-13,18-19,26-34,37-39H2,2H3/t42-,46+,51-,52+,53+,55+/m0/s1. The number of carbonyl (C=O) groups excluding carboxylic acids is 1. The minimum atomic E-state index is -1.52. The van der Waals surface area contributed by atoms with Gasteiger partial charge in [-0.05, 0) is 103 Å². The Morgan fingerprint density at radius 1 is 0.826 bits per heavy atom. The first-order valence-corrected chi connectivity index (χ1v) is 25.4. The maximum absolute atomic E-state index is 14.8. The number of benzene rings is 4. The number of ether oxygens (including phenoxy) is 6. The third-order valence-electron chi connectivity index (χ3n) is 13.1. The number of hydrogen-bond acceptors (Lipinski definition) is 13. The second-order valence-electron chi connectivity index (χ2n) is 17.5. The molecule has 6 atom stereocenters. The first kappa shape index (κ1) is 51.7. The predicted octanol–water partition coefficient (Wildman–Crippen LogP) is 9.70. The maximum Gasteiger partial charge on any atom is 0.410 e. The molecule has 0 aromatic heterocycles. The van der Waals surface area contributed by atoms with Crippen molar-refractivity contribution in [1.29, 1.82) is 0 Å². The minimum absolute atomic E-state index is 0.00903. The van der Waals surface area contributed by atoms with Gasteiger partial charge in [-0.2, -0.15) is 0 Å². The molecule has 4 aromatic rings. The van der Waals surface area contributed by atoms with Gasteiger partial charge in [-0.3, -0.25) is 4.90 Å². The summed E-state index contributed by atoms with van der Waals surface area (Å²) in [6.45, 7) is 5.11. The summed E-state index contributed by atoms with van der Waals surface area (Å²) < 4.78 is 38.9. The molecule has 1 fully saturated rings. The molecular weight excluding hydrogens is 897 g/mol. The Morgan fingerprint density at radius 2 is 1.54 bits per heavy atom. The second kappa shape index (κ2) is 26.7. The molecule has 0 bridgehead atoms. The van der Waals surface area contributed by atoms with E-state index in [1.54, 1.807) is 22.7 Å². The van der Waals surface area contributed by atoms with E-state index in [0.29, 0.717) is 42.4 Å². The fraction of sp³-hybridized carbons (Fsp3) is 0.455. The van der Waals surface area contributed by atoms with Crippen LogP contribution in [0, 0.1) is 17.8 Å². The van der Waals surface area contributed by atoms with Crippen molar-refractivity contribution in [2.75, 3.05) is 65.7 Å². The average molecular weight is 965 g/mol. The number of hydrogen-bond donors (Lipinski definition) is 3. The van der Waals surface area contributed by atoms with Gasteiger partial charge in [0.2, 0.25) is 5.79 Å². The van der Waals surface area contributed by atoms with Gasteiger partial charge >= 0.3 is 6.09 Å². The van der Waals surface area contributed by atoms with Gasteiger partial charge < -0.3 is 48.6 Å². The van der Waals surface area contributed by atoms with Crippen LogP contribution in [0.25, 0.3) is 0 Å². The van der Waals surface area contributed by atoms with Gasteiger partial charge in [-0.1, -0.05) is 90.8 Å². The van der Waals surface area contributed by atoms with Crippen LogP contribution in [-0.2, 0) is 37.0 Å². The topological polar surface area (TPSA) is 158 Å². The molecule has 13 nitrogen and oxygen atoms in total. The summed E-state index contributed by atoms with van der Waals surface area (Å²) in [6.07, 6.45) is 10.0. The number of allylic oxidation sites excluding steroid dienone is 1. The molecular formula is C55H68N2O11S. The average Bonchev–Trinajstić information content (AvgIpc) is 3.38. The third-order valence-corrected chi connectivity index (χ3v) is 13.8. The number of oxime groups is 1. The Labute approximate surface area is 411 Å². The summed E-state index contributed by atoms with van der Waals surface area (Å²) in [5, 5.41) is 34.7. The van der Waals surface area contributed by atoms with Gasteiger partial charge in [-0.25, -0.2) is 4.79 Å². The fourth-order valence-corrected chi connectivity index (χ4v) is 10.4. The van der Waals surface area contributed by atoms with Crippen molar-refractivity contribution in [3.63, 3.8) is 0 Å². The molecule has 0 saturated heterocycles. The van der Waals surface area contributed by atoms with Crippen LogP contribution in [-0.4, -0.2) is 110 Å². The molecule has 0 spiro atoms. The molecule has 14 heteroatoms. The van der Waals surface area contributed by atoms with Crippen LogP contribution in [0.15, 0.2) is 137 Å². The fourth-order valence-electron chi connectivity index (χ4n) is 9.99. The molecule has 3 aliphatic rings. The van der Waals surface area contributed by atoms with Gasteiger partial charge in [0.05, 0.1) is 51.3 Å². The van der Waals surface area contributed by atoms with E-state index in [-0.39, 0.29) is 90.2 Å². The molecule has 7 rings (SSSR count). The molecule has 1 amide bonds. The van der Waals surface area contributed by atoms with Crippen LogP contribution in [0.5, 0.6) is 17.2 Å². The van der Waals surface area contributed by atoms with Crippen molar-refractivity contribution >= 4 is 23.6 Å². The second-order valence-corrected chi connectivity index (χ2v) is 18.4. The number of rotatable bonds is 28. The summed E-state index contributed by atoms with van der Waals surface area (Å²) in [5.74, 6) is -0.346. The Hall–Kier alpha value is -5.19. The highest BCUT2D eigenvalue weighted by Gasteiger charge is 2.65. The van der Waals surface area contributed by atoms with Crippen LogP contribution in [0.4, 0.5) is 4.79 Å². The van der Waals surface area contributed by atoms with Crippen molar-refractivity contribution in [1.82, 2.24) is 4.90 Å². The minimum Gasteiger partial charge on any atom is -0.459 e. The summed E-state index contributed by atoms with van der Waals surface area (Å²) in [5.41, 5.74) is 4.45. The van der Waals surface area contributed by atoms with Crippen molar-refractivity contribution in [3.8, 4) is 17.2 Å². The summed E-state index contributed by atoms with van der Waals surface area (Å²) >= 11 is 1.66. The largest absolute Gasteiger partial charge is 0.459 e. The highest BCUT2D eigenvalue weighted by atomic mass is 32.2. The molecule has 3 N–H and O–H groups in total. The zero-order valence-corrected chi connectivity index (χ0v) is 40.5. The predicted molar refractivity (Wildman–Crippen MR) is 267 cm³/mol. The van der Waals surface area contributed by atoms with E-state index in [4.69, 9.17) is 38.4 Å². The molecule has 2 aliphatic carbocycles. The number of unbranched alkanes of at least 4 members (excludes halogenated alkanes) is 2. The smallest absolute Gasteiger partial charge is 0.410 e. The summed E-state index contributed by atoms with van der Waals surface area (Å²) in [7, 11) is 0. The summed E-state index contributed by atoms with van der Waals surface area (Å²) in [6, 6.07) is 32.7. The number of thioether (sulfide) groups is 1. The molecule has 69 heavy (non-hydrogen) atoms. The number of carbonyl (C=O) groups is 1. The van der Waals surface area contributed by atoms with Crippen LogP contribution >= 0.6 is 11.8 Å². The number of nitrogens with zero attached hydrogens (tertiary/aromatic N) is 2. The highest BCUT2D eigenvalue weighted by Crippen LogP contribution is 2.62. The molecule has 1 saturated carbocycles. The van der Waals surface area contributed by atoms with Crippen LogP contribution in [0.2, 0.25) is 0 Å². The lowest BCUT2D eigenvalue weighted by Gasteiger charge is -2.59. The van der Waals surface area contributed by atoms with Gasteiger partial charge in [0.15, 0.2) is 0 Å². The van der Waals surface area contributed by atoms with Crippen molar-refractivity contribution in [3.05, 3.63) is 144 Å². The van der Waals surface area contributed by atoms with Gasteiger partial charge in [0, 0.05) is 42.6 Å². The molecule has 1 aliphatic heterocycles. The first-order valence-electron chi connectivity index (χ1n) is 24.2. The lowest BCUT2D eigenvalue weighted by molar-refractivity contribution is -0.256. The molecule has 1 heterocycles. The quantitative estimate of drug-likeness (QED) is 0.0215. The van der Waals surface area contributed by atoms with Gasteiger partial charge in [0.25, 0.3) is 0 Å². The van der Waals surface area contributed by atoms with E-state index >= 15 is 0 Å². The number of fused-ring (bicyclic) bond motifs is 2. The van der Waals surface area contributed by atoms with Crippen molar-refractivity contribution < 1.29 is 53.4 Å². The third kappa shape index (κ3) is 13.4. The number of aliphatic hydroxyl groups is 3. The lowest BCUT2D eigenvalue weighted by Crippen LogP contribution is -2.70. The molecule has 0 radical (unpaired) electrons. The van der Waals surface area contributed by atoms with Gasteiger partial charge in [-0.15, -0.1) is 18.3 Å². The SMILES string of the molecule is C=CCO[C@@]12Oc3ccc(Oc4ccc(SC)cc4)cc3[C@H]3[C@H](CCCCO)[C@@H](CCCCO)C=C(C(=NOCc4ccccc4)C[C@@H]1N(CCOCCO)C(=O)OCCOCc1ccccc1)[C@H]32. The monoisotopic (exact) mass is 964 g/mol. The van der Waals surface area contributed by atoms with E-state index in [2.05, 4.69) is 18.7 Å². The zero-order valence-electron chi connectivity index (χ0n) is 39.7. The van der Waals surface area contributed by atoms with Crippen LogP contribution in [0.1, 0.15) is 67.6 Å². The number of aliphatic hydroxyl groups excluding tert-OH is 3. The van der Waals surface area contributed by atoms with E-state index in [1.165, 1.54) is 0 Å². The Balaban J connectivity index is 1.36. The Kier molecular flexibility index (Phi) is 20.0. The number of amides is 1. The van der Waals surface area contributed by atoms with Crippen molar-refractivity contribution in [2.45, 2.75) is 80.8 Å². The maximum atomic E-state index is 14.8. The van der Waals surface area contributed by atoms with E-state index in [1.807, 2.05) is 103 Å². The van der Waals surface area contributed by atoms with Gasteiger partial charge in [0.1, 0.15) is 36.5 Å². The Morgan fingerprint density at radius 3 is 2.23 bits per heavy atom.